The molecule has 0 aromatic heterocycles. The summed E-state index contributed by atoms with van der Waals surface area (Å²) in [6.07, 6.45) is 0.570. The smallest absolute Gasteiger partial charge is 0.318 e. The number of rotatable bonds is 4. The third-order valence-corrected chi connectivity index (χ3v) is 5.47. The van der Waals surface area contributed by atoms with E-state index in [0.717, 1.165) is 9.87 Å². The van der Waals surface area contributed by atoms with Crippen LogP contribution in [0.3, 0.4) is 0 Å². The minimum atomic E-state index is -3.86. The molecule has 1 aliphatic rings. The van der Waals surface area contributed by atoms with Gasteiger partial charge in [-0.15, -0.1) is 0 Å². The molecular weight excluding hydrogens is 308 g/mol. The van der Waals surface area contributed by atoms with E-state index in [2.05, 4.69) is 0 Å². The van der Waals surface area contributed by atoms with Gasteiger partial charge in [-0.2, -0.15) is 4.31 Å². The molecule has 1 N–H and O–H groups in total. The molecule has 0 radical (unpaired) electrons. The van der Waals surface area contributed by atoms with Crippen molar-refractivity contribution in [1.29, 1.82) is 0 Å². The van der Waals surface area contributed by atoms with Crippen molar-refractivity contribution in [2.45, 2.75) is 31.2 Å². The van der Waals surface area contributed by atoms with Crippen LogP contribution < -0.4 is 4.90 Å². The van der Waals surface area contributed by atoms with E-state index in [9.17, 15) is 18.0 Å². The molecule has 120 valence electrons. The Morgan fingerprint density at radius 3 is 2.59 bits per heavy atom. The first-order valence-corrected chi connectivity index (χ1v) is 8.19. The highest BCUT2D eigenvalue weighted by Gasteiger charge is 2.31. The predicted molar refractivity (Wildman–Crippen MR) is 80.2 cm³/mol. The van der Waals surface area contributed by atoms with Gasteiger partial charge in [0.25, 0.3) is 0 Å². The second-order valence-corrected chi connectivity index (χ2v) is 7.43. The second kappa shape index (κ2) is 5.69. The molecule has 0 aliphatic carbocycles. The van der Waals surface area contributed by atoms with Crippen LogP contribution in [0.25, 0.3) is 0 Å². The Morgan fingerprint density at radius 2 is 2.05 bits per heavy atom. The van der Waals surface area contributed by atoms with Gasteiger partial charge in [-0.1, -0.05) is 0 Å². The molecule has 0 bridgehead atoms. The van der Waals surface area contributed by atoms with E-state index >= 15 is 0 Å². The summed E-state index contributed by atoms with van der Waals surface area (Å²) >= 11 is 0. The van der Waals surface area contributed by atoms with Crippen LogP contribution in [-0.4, -0.2) is 49.3 Å². The molecule has 1 aromatic carbocycles. The van der Waals surface area contributed by atoms with Crippen LogP contribution in [0.5, 0.6) is 0 Å². The molecule has 0 fully saturated rings. The quantitative estimate of drug-likeness (QED) is 0.878. The molecule has 1 aliphatic heterocycles. The van der Waals surface area contributed by atoms with Gasteiger partial charge >= 0.3 is 5.97 Å². The van der Waals surface area contributed by atoms with Gasteiger partial charge in [-0.3, -0.25) is 9.59 Å². The van der Waals surface area contributed by atoms with Gasteiger partial charge in [0.2, 0.25) is 15.9 Å². The fourth-order valence-corrected chi connectivity index (χ4v) is 3.87. The van der Waals surface area contributed by atoms with Crippen molar-refractivity contribution in [3.63, 3.8) is 0 Å². The maximum atomic E-state index is 12.3. The lowest BCUT2D eigenvalue weighted by Gasteiger charge is -2.21. The summed E-state index contributed by atoms with van der Waals surface area (Å²) in [5.41, 5.74) is 1.48. The van der Waals surface area contributed by atoms with Crippen LogP contribution in [0, 0.1) is 0 Å². The van der Waals surface area contributed by atoms with Crippen molar-refractivity contribution >= 4 is 27.6 Å². The Labute approximate surface area is 129 Å². The zero-order chi connectivity index (χ0) is 16.7. The van der Waals surface area contributed by atoms with Gasteiger partial charge in [0.1, 0.15) is 6.54 Å². The Balaban J connectivity index is 2.39. The van der Waals surface area contributed by atoms with Crippen molar-refractivity contribution < 1.29 is 23.1 Å². The molecule has 1 atom stereocenters. The third kappa shape index (κ3) is 2.84. The molecule has 0 saturated heterocycles. The van der Waals surface area contributed by atoms with E-state index < -0.39 is 22.5 Å². The van der Waals surface area contributed by atoms with E-state index in [1.54, 1.807) is 11.0 Å². The van der Waals surface area contributed by atoms with E-state index in [0.29, 0.717) is 12.1 Å². The summed E-state index contributed by atoms with van der Waals surface area (Å²) in [5.74, 6) is -1.31. The number of benzene rings is 1. The topological polar surface area (TPSA) is 95.0 Å². The number of amides is 1. The first-order chi connectivity index (χ1) is 10.1. The van der Waals surface area contributed by atoms with Crippen LogP contribution in [0.15, 0.2) is 23.1 Å². The summed E-state index contributed by atoms with van der Waals surface area (Å²) in [4.78, 5) is 24.0. The van der Waals surface area contributed by atoms with Crippen LogP contribution in [0.4, 0.5) is 5.69 Å². The number of aliphatic carboxylic acids is 1. The lowest BCUT2D eigenvalue weighted by molar-refractivity contribution is -0.137. The number of carboxylic acids is 1. The molecule has 0 saturated carbocycles. The lowest BCUT2D eigenvalue weighted by Crippen LogP contribution is -2.33. The SMILES string of the molecule is CC(=O)N1c2ccc(S(=O)(=O)N(C)CC(=O)O)cc2C[C@@H]1C. The Kier molecular flexibility index (Phi) is 4.25. The van der Waals surface area contributed by atoms with Gasteiger partial charge in [0.15, 0.2) is 0 Å². The number of carbonyl (C=O) groups excluding carboxylic acids is 1. The first kappa shape index (κ1) is 16.4. The normalized spacial score (nSPS) is 17.6. The number of likely N-dealkylation sites (N-methyl/N-ethyl adjacent to an activating group) is 1. The van der Waals surface area contributed by atoms with Crippen molar-refractivity contribution in [2.75, 3.05) is 18.5 Å². The molecule has 1 aromatic rings. The monoisotopic (exact) mass is 326 g/mol. The molecule has 2 rings (SSSR count). The molecule has 1 heterocycles. The predicted octanol–water partition coefficient (Wildman–Crippen LogP) is 0.689. The van der Waals surface area contributed by atoms with Crippen LogP contribution in [0.2, 0.25) is 0 Å². The maximum Gasteiger partial charge on any atom is 0.318 e. The zero-order valence-corrected chi connectivity index (χ0v) is 13.4. The van der Waals surface area contributed by atoms with Gasteiger partial charge in [0, 0.05) is 25.7 Å². The Hall–Kier alpha value is -1.93. The Bertz CT molecular complexity index is 729. The summed E-state index contributed by atoms with van der Waals surface area (Å²) in [7, 11) is -2.64. The summed E-state index contributed by atoms with van der Waals surface area (Å²) in [6, 6.07) is 4.49. The third-order valence-electron chi connectivity index (χ3n) is 3.67. The number of hydrogen-bond acceptors (Lipinski definition) is 4. The molecule has 1 amide bonds. The number of carbonyl (C=O) groups is 2. The summed E-state index contributed by atoms with van der Waals surface area (Å²) in [5, 5.41) is 8.73. The highest BCUT2D eigenvalue weighted by Crippen LogP contribution is 2.34. The van der Waals surface area contributed by atoms with E-state index in [1.807, 2.05) is 6.92 Å². The number of anilines is 1. The van der Waals surface area contributed by atoms with Crippen molar-refractivity contribution in [3.8, 4) is 0 Å². The molecule has 0 unspecified atom stereocenters. The minimum Gasteiger partial charge on any atom is -0.480 e. The Morgan fingerprint density at radius 1 is 1.41 bits per heavy atom. The second-order valence-electron chi connectivity index (χ2n) is 5.39. The lowest BCUT2D eigenvalue weighted by atomic mass is 10.1. The maximum absolute atomic E-state index is 12.3. The average Bonchev–Trinajstić information content (AvgIpc) is 2.72. The number of sulfonamides is 1. The van der Waals surface area contributed by atoms with Gasteiger partial charge in [-0.25, -0.2) is 8.42 Å². The van der Waals surface area contributed by atoms with E-state index in [1.165, 1.54) is 26.1 Å². The fraction of sp³-hybridized carbons (Fsp3) is 0.429. The summed E-state index contributed by atoms with van der Waals surface area (Å²) in [6.45, 7) is 2.76. The molecule has 0 spiro atoms. The number of carboxylic acid groups (broad SMARTS) is 1. The molecular formula is C14H18N2O5S. The molecule has 7 nitrogen and oxygen atoms in total. The zero-order valence-electron chi connectivity index (χ0n) is 12.6. The van der Waals surface area contributed by atoms with Crippen molar-refractivity contribution in [3.05, 3.63) is 23.8 Å². The van der Waals surface area contributed by atoms with Gasteiger partial charge in [-0.05, 0) is 37.1 Å². The van der Waals surface area contributed by atoms with Gasteiger partial charge < -0.3 is 10.0 Å². The highest BCUT2D eigenvalue weighted by atomic mass is 32.2. The van der Waals surface area contributed by atoms with Crippen LogP contribution >= 0.6 is 0 Å². The average molecular weight is 326 g/mol. The standard InChI is InChI=1S/C14H18N2O5S/c1-9-6-11-7-12(4-5-13(11)16(9)10(2)17)22(20,21)15(3)8-14(18)19/h4-5,7,9H,6,8H2,1-3H3,(H,18,19)/t9-/m0/s1. The molecule has 8 heteroatoms. The van der Waals surface area contributed by atoms with E-state index in [-0.39, 0.29) is 16.8 Å². The fourth-order valence-electron chi connectivity index (χ4n) is 2.70. The minimum absolute atomic E-state index is 0.0257. The van der Waals surface area contributed by atoms with E-state index in [4.69, 9.17) is 5.11 Å². The van der Waals surface area contributed by atoms with Gasteiger partial charge in [0.05, 0.1) is 4.90 Å². The largest absolute Gasteiger partial charge is 0.480 e. The first-order valence-electron chi connectivity index (χ1n) is 6.75. The molecule has 22 heavy (non-hydrogen) atoms. The highest BCUT2D eigenvalue weighted by molar-refractivity contribution is 7.89. The number of fused-ring (bicyclic) bond motifs is 1. The number of nitrogens with zero attached hydrogens (tertiary/aromatic N) is 2. The van der Waals surface area contributed by atoms with Crippen LogP contribution in [-0.2, 0) is 26.0 Å². The van der Waals surface area contributed by atoms with Crippen molar-refractivity contribution in [2.24, 2.45) is 0 Å². The number of hydrogen-bond donors (Lipinski definition) is 1. The summed E-state index contributed by atoms with van der Waals surface area (Å²) < 4.78 is 25.5. The van der Waals surface area contributed by atoms with Crippen LogP contribution in [0.1, 0.15) is 19.4 Å². The van der Waals surface area contributed by atoms with Crippen molar-refractivity contribution in [1.82, 2.24) is 4.31 Å².